The Morgan fingerprint density at radius 1 is 1.35 bits per heavy atom. The van der Waals surface area contributed by atoms with Gasteiger partial charge in [-0.1, -0.05) is 6.07 Å². The molecule has 0 atom stereocenters. The average molecular weight is 270 g/mol. The van der Waals surface area contributed by atoms with E-state index in [0.717, 1.165) is 33.8 Å². The molecule has 0 spiro atoms. The molecule has 1 aromatic carbocycles. The standard InChI is InChI=1S/C15H18N4O/c1-8-10(7-16)13(19-18-8)9-4-5-12-11(6-9)15(2,3)14(20)17-12/h4-6H,7,16H2,1-3H3,(H,17,20)(H,18,19). The first kappa shape index (κ1) is 12.9. The van der Waals surface area contributed by atoms with E-state index in [1.807, 2.05) is 39.0 Å². The Hall–Kier alpha value is -2.14. The molecule has 4 N–H and O–H groups in total. The molecule has 1 aliphatic rings. The van der Waals surface area contributed by atoms with E-state index < -0.39 is 5.41 Å². The van der Waals surface area contributed by atoms with Crippen molar-refractivity contribution >= 4 is 11.6 Å². The van der Waals surface area contributed by atoms with Crippen LogP contribution in [-0.4, -0.2) is 16.1 Å². The van der Waals surface area contributed by atoms with E-state index in [2.05, 4.69) is 15.5 Å². The number of nitrogens with two attached hydrogens (primary N) is 1. The van der Waals surface area contributed by atoms with Crippen LogP contribution in [0.3, 0.4) is 0 Å². The van der Waals surface area contributed by atoms with Crippen LogP contribution < -0.4 is 11.1 Å². The predicted molar refractivity (Wildman–Crippen MR) is 78.3 cm³/mol. The van der Waals surface area contributed by atoms with Gasteiger partial charge < -0.3 is 11.1 Å². The Balaban J connectivity index is 2.15. The van der Waals surface area contributed by atoms with Crippen molar-refractivity contribution in [3.05, 3.63) is 35.0 Å². The van der Waals surface area contributed by atoms with Gasteiger partial charge in [0.05, 0.1) is 11.1 Å². The van der Waals surface area contributed by atoms with E-state index in [1.54, 1.807) is 0 Å². The number of carbonyl (C=O) groups excluding carboxylic acids is 1. The van der Waals surface area contributed by atoms with Gasteiger partial charge in [0, 0.05) is 29.1 Å². The van der Waals surface area contributed by atoms with Gasteiger partial charge in [-0.05, 0) is 38.5 Å². The van der Waals surface area contributed by atoms with E-state index in [1.165, 1.54) is 0 Å². The molecule has 20 heavy (non-hydrogen) atoms. The van der Waals surface area contributed by atoms with Gasteiger partial charge in [-0.25, -0.2) is 0 Å². The minimum atomic E-state index is -0.514. The number of rotatable bonds is 2. The number of fused-ring (bicyclic) bond motifs is 1. The van der Waals surface area contributed by atoms with Gasteiger partial charge in [0.25, 0.3) is 0 Å². The molecule has 3 rings (SSSR count). The van der Waals surface area contributed by atoms with Crippen molar-refractivity contribution in [1.29, 1.82) is 0 Å². The highest BCUT2D eigenvalue weighted by molar-refractivity contribution is 6.06. The summed E-state index contributed by atoms with van der Waals surface area (Å²) in [5, 5.41) is 10.2. The third-order valence-corrected chi connectivity index (χ3v) is 4.06. The molecular formula is C15H18N4O. The molecule has 1 amide bonds. The van der Waals surface area contributed by atoms with Crippen LogP contribution in [-0.2, 0) is 16.8 Å². The molecule has 5 heteroatoms. The van der Waals surface area contributed by atoms with Gasteiger partial charge in [-0.2, -0.15) is 5.10 Å². The monoisotopic (exact) mass is 270 g/mol. The van der Waals surface area contributed by atoms with Crippen LogP contribution in [0.25, 0.3) is 11.3 Å². The molecular weight excluding hydrogens is 252 g/mol. The zero-order valence-electron chi connectivity index (χ0n) is 11.9. The minimum Gasteiger partial charge on any atom is -0.326 e. The quantitative estimate of drug-likeness (QED) is 0.781. The predicted octanol–water partition coefficient (Wildman–Crippen LogP) is 2.07. The van der Waals surface area contributed by atoms with Crippen LogP contribution >= 0.6 is 0 Å². The number of benzene rings is 1. The molecule has 1 aliphatic heterocycles. The van der Waals surface area contributed by atoms with E-state index in [4.69, 9.17) is 5.73 Å². The Morgan fingerprint density at radius 2 is 2.10 bits per heavy atom. The van der Waals surface area contributed by atoms with E-state index in [9.17, 15) is 4.79 Å². The first-order chi connectivity index (χ1) is 9.45. The Kier molecular flexibility index (Phi) is 2.69. The molecule has 1 aromatic heterocycles. The summed E-state index contributed by atoms with van der Waals surface area (Å²) in [6.45, 7) is 6.26. The summed E-state index contributed by atoms with van der Waals surface area (Å²) < 4.78 is 0. The number of amides is 1. The zero-order chi connectivity index (χ0) is 14.5. The van der Waals surface area contributed by atoms with E-state index in [0.29, 0.717) is 6.54 Å². The number of anilines is 1. The van der Waals surface area contributed by atoms with E-state index in [-0.39, 0.29) is 5.91 Å². The SMILES string of the molecule is Cc1[nH]nc(-c2ccc3c(c2)C(C)(C)C(=O)N3)c1CN. The van der Waals surface area contributed by atoms with Crippen LogP contribution in [0.1, 0.15) is 30.7 Å². The topological polar surface area (TPSA) is 83.8 Å². The minimum absolute atomic E-state index is 0.0295. The number of nitrogens with zero attached hydrogens (tertiary/aromatic N) is 1. The van der Waals surface area contributed by atoms with Gasteiger partial charge in [0.2, 0.25) is 5.91 Å². The lowest BCUT2D eigenvalue weighted by Crippen LogP contribution is -2.26. The average Bonchev–Trinajstić information content (AvgIpc) is 2.89. The van der Waals surface area contributed by atoms with Crippen LogP contribution in [0.2, 0.25) is 0 Å². The molecule has 5 nitrogen and oxygen atoms in total. The Bertz CT molecular complexity index is 700. The van der Waals surface area contributed by atoms with Gasteiger partial charge in [-0.3, -0.25) is 9.89 Å². The number of carbonyl (C=O) groups is 1. The third kappa shape index (κ3) is 1.67. The second kappa shape index (κ2) is 4.18. The van der Waals surface area contributed by atoms with Crippen molar-refractivity contribution in [2.45, 2.75) is 32.7 Å². The molecule has 0 unspecified atom stereocenters. The van der Waals surface area contributed by atoms with Gasteiger partial charge >= 0.3 is 0 Å². The van der Waals surface area contributed by atoms with Crippen molar-refractivity contribution < 1.29 is 4.79 Å². The van der Waals surface area contributed by atoms with Crippen molar-refractivity contribution in [2.75, 3.05) is 5.32 Å². The van der Waals surface area contributed by atoms with Crippen molar-refractivity contribution in [2.24, 2.45) is 5.73 Å². The molecule has 2 heterocycles. The van der Waals surface area contributed by atoms with Crippen LogP contribution in [0.4, 0.5) is 5.69 Å². The molecule has 0 bridgehead atoms. The number of hydrogen-bond acceptors (Lipinski definition) is 3. The van der Waals surface area contributed by atoms with Crippen molar-refractivity contribution in [3.63, 3.8) is 0 Å². The molecule has 2 aromatic rings. The zero-order valence-corrected chi connectivity index (χ0v) is 11.9. The van der Waals surface area contributed by atoms with Crippen molar-refractivity contribution in [1.82, 2.24) is 10.2 Å². The van der Waals surface area contributed by atoms with Crippen LogP contribution in [0, 0.1) is 6.92 Å². The molecule has 0 fully saturated rings. The lowest BCUT2D eigenvalue weighted by atomic mass is 9.85. The first-order valence-electron chi connectivity index (χ1n) is 6.65. The highest BCUT2D eigenvalue weighted by atomic mass is 16.2. The second-order valence-electron chi connectivity index (χ2n) is 5.72. The summed E-state index contributed by atoms with van der Waals surface area (Å²) in [4.78, 5) is 12.0. The fourth-order valence-corrected chi connectivity index (χ4v) is 2.66. The first-order valence-corrected chi connectivity index (χ1v) is 6.65. The lowest BCUT2D eigenvalue weighted by molar-refractivity contribution is -0.119. The van der Waals surface area contributed by atoms with Gasteiger partial charge in [-0.15, -0.1) is 0 Å². The maximum absolute atomic E-state index is 12.0. The number of aryl methyl sites for hydroxylation is 1. The molecule has 0 aliphatic carbocycles. The maximum Gasteiger partial charge on any atom is 0.234 e. The summed E-state index contributed by atoms with van der Waals surface area (Å²) >= 11 is 0. The molecule has 0 saturated heterocycles. The normalized spacial score (nSPS) is 16.1. The number of nitrogens with one attached hydrogen (secondary N) is 2. The smallest absolute Gasteiger partial charge is 0.234 e. The van der Waals surface area contributed by atoms with Gasteiger partial charge in [0.15, 0.2) is 0 Å². The number of aromatic amines is 1. The largest absolute Gasteiger partial charge is 0.326 e. The summed E-state index contributed by atoms with van der Waals surface area (Å²) in [6, 6.07) is 5.93. The highest BCUT2D eigenvalue weighted by Gasteiger charge is 2.38. The second-order valence-corrected chi connectivity index (χ2v) is 5.72. The fraction of sp³-hybridized carbons (Fsp3) is 0.333. The Morgan fingerprint density at radius 3 is 2.80 bits per heavy atom. The summed E-state index contributed by atoms with van der Waals surface area (Å²) in [5.74, 6) is 0.0295. The summed E-state index contributed by atoms with van der Waals surface area (Å²) in [7, 11) is 0. The maximum atomic E-state index is 12.0. The molecule has 104 valence electrons. The summed E-state index contributed by atoms with van der Waals surface area (Å²) in [6.07, 6.45) is 0. The number of hydrogen-bond donors (Lipinski definition) is 3. The number of aromatic nitrogens is 2. The van der Waals surface area contributed by atoms with Crippen molar-refractivity contribution in [3.8, 4) is 11.3 Å². The number of H-pyrrole nitrogens is 1. The third-order valence-electron chi connectivity index (χ3n) is 4.06. The molecule has 0 saturated carbocycles. The Labute approximate surface area is 117 Å². The van der Waals surface area contributed by atoms with E-state index >= 15 is 0 Å². The van der Waals surface area contributed by atoms with Gasteiger partial charge in [0.1, 0.15) is 0 Å². The summed E-state index contributed by atoms with van der Waals surface area (Å²) in [5.41, 5.74) is 11.0. The highest BCUT2D eigenvalue weighted by Crippen LogP contribution is 2.39. The fourth-order valence-electron chi connectivity index (χ4n) is 2.66. The van der Waals surface area contributed by atoms with Crippen LogP contribution in [0.5, 0.6) is 0 Å². The molecule has 0 radical (unpaired) electrons. The lowest BCUT2D eigenvalue weighted by Gasteiger charge is -2.15. The van der Waals surface area contributed by atoms with Crippen LogP contribution in [0.15, 0.2) is 18.2 Å².